The van der Waals surface area contributed by atoms with E-state index in [1.54, 1.807) is 5.71 Å². The Hall–Kier alpha value is -0.530. The second-order valence-electron chi connectivity index (χ2n) is 12.6. The van der Waals surface area contributed by atoms with Crippen molar-refractivity contribution in [2.75, 3.05) is 0 Å². The maximum atomic E-state index is 5.80. The molecule has 2 heteroatoms. The quantitative estimate of drug-likeness (QED) is 0.388. The molecule has 2 saturated carbocycles. The average molecular weight is 473 g/mol. The number of hydrazone groups is 1. The highest BCUT2D eigenvalue weighted by atomic mass is 15.5. The van der Waals surface area contributed by atoms with Crippen LogP contribution in [0.15, 0.2) is 5.10 Å². The van der Waals surface area contributed by atoms with Crippen molar-refractivity contribution in [3.05, 3.63) is 0 Å². The predicted molar refractivity (Wildman–Crippen MR) is 151 cm³/mol. The van der Waals surface area contributed by atoms with Crippen LogP contribution in [-0.2, 0) is 0 Å². The third-order valence-electron chi connectivity index (χ3n) is 9.67. The molecule has 2 nitrogen and oxygen atoms in total. The summed E-state index contributed by atoms with van der Waals surface area (Å²) in [5, 5.41) is 8.57. The molecule has 1 aliphatic heterocycles. The molecule has 2 unspecified atom stereocenters. The highest BCUT2D eigenvalue weighted by molar-refractivity contribution is 5.89. The Bertz CT molecular complexity index is 543. The van der Waals surface area contributed by atoms with Gasteiger partial charge in [0.1, 0.15) is 0 Å². The van der Waals surface area contributed by atoms with Crippen LogP contribution in [0.2, 0.25) is 0 Å². The molecule has 0 bridgehead atoms. The third kappa shape index (κ3) is 8.55. The summed E-state index contributed by atoms with van der Waals surface area (Å²) < 4.78 is 0. The average Bonchev–Trinajstić information content (AvgIpc) is 2.94. The van der Waals surface area contributed by atoms with Gasteiger partial charge in [0.05, 0.1) is 5.54 Å². The smallest absolute Gasteiger partial charge is 0.0554 e. The van der Waals surface area contributed by atoms with Gasteiger partial charge in [0.2, 0.25) is 0 Å². The first-order valence-electron chi connectivity index (χ1n) is 16.1. The van der Waals surface area contributed by atoms with E-state index >= 15 is 0 Å². The van der Waals surface area contributed by atoms with E-state index in [2.05, 4.69) is 25.8 Å². The molecule has 2 atom stereocenters. The second kappa shape index (κ2) is 15.6. The van der Waals surface area contributed by atoms with E-state index in [-0.39, 0.29) is 5.54 Å². The van der Waals surface area contributed by atoms with E-state index in [1.165, 1.54) is 154 Å². The highest BCUT2D eigenvalue weighted by Crippen LogP contribution is 2.40. The van der Waals surface area contributed by atoms with E-state index in [1.807, 2.05) is 0 Å². The molecule has 3 rings (SSSR count). The normalized spacial score (nSPS) is 29.5. The minimum atomic E-state index is 0.265. The molecule has 1 heterocycles. The van der Waals surface area contributed by atoms with Gasteiger partial charge in [-0.05, 0) is 57.8 Å². The van der Waals surface area contributed by atoms with Crippen LogP contribution in [0.5, 0.6) is 0 Å². The van der Waals surface area contributed by atoms with Crippen LogP contribution in [0.25, 0.3) is 0 Å². The van der Waals surface area contributed by atoms with Gasteiger partial charge < -0.3 is 0 Å². The fraction of sp³-hybridized carbons (Fsp3) is 0.969. The molecule has 3 aliphatic rings. The van der Waals surface area contributed by atoms with Crippen molar-refractivity contribution in [2.24, 2.45) is 16.9 Å². The van der Waals surface area contributed by atoms with Gasteiger partial charge in [-0.15, -0.1) is 0 Å². The largest absolute Gasteiger partial charge is 0.288 e. The van der Waals surface area contributed by atoms with Crippen LogP contribution < -0.4 is 0 Å². The summed E-state index contributed by atoms with van der Waals surface area (Å²) in [4.78, 5) is 0. The first-order valence-corrected chi connectivity index (χ1v) is 16.1. The maximum Gasteiger partial charge on any atom is 0.0554 e. The minimum absolute atomic E-state index is 0.265. The molecule has 0 spiro atoms. The lowest BCUT2D eigenvalue weighted by Gasteiger charge is -2.49. The topological polar surface area (TPSA) is 15.6 Å². The summed E-state index contributed by atoms with van der Waals surface area (Å²) >= 11 is 0. The fourth-order valence-corrected chi connectivity index (χ4v) is 7.47. The summed E-state index contributed by atoms with van der Waals surface area (Å²) in [7, 11) is 0. The summed E-state index contributed by atoms with van der Waals surface area (Å²) in [6.45, 7) is 7.44. The lowest BCUT2D eigenvalue weighted by Crippen LogP contribution is -2.53. The molecule has 2 aliphatic carbocycles. The van der Waals surface area contributed by atoms with E-state index < -0.39 is 0 Å². The van der Waals surface area contributed by atoms with Gasteiger partial charge in [-0.3, -0.25) is 5.01 Å². The van der Waals surface area contributed by atoms with Crippen molar-refractivity contribution in [1.29, 1.82) is 0 Å². The van der Waals surface area contributed by atoms with Crippen molar-refractivity contribution < 1.29 is 0 Å². The predicted octanol–water partition coefficient (Wildman–Crippen LogP) is 10.4. The Morgan fingerprint density at radius 3 is 1.65 bits per heavy atom. The SMILES string of the molecule is CCCC1CC(CC)C(C2CCCCCCCCCC2)=NN1C1(C)CCCCCCCCCC1. The number of nitrogens with zero attached hydrogens (tertiary/aromatic N) is 2. The molecule has 0 aromatic rings. The Kier molecular flexibility index (Phi) is 12.8. The first-order chi connectivity index (χ1) is 16.7. The van der Waals surface area contributed by atoms with Crippen molar-refractivity contribution >= 4 is 5.71 Å². The van der Waals surface area contributed by atoms with E-state index in [0.29, 0.717) is 6.04 Å². The molecular weight excluding hydrogens is 412 g/mol. The van der Waals surface area contributed by atoms with Gasteiger partial charge in [0, 0.05) is 17.7 Å². The van der Waals surface area contributed by atoms with E-state index in [4.69, 9.17) is 5.10 Å². The third-order valence-corrected chi connectivity index (χ3v) is 9.67. The standard InChI is InChI=1S/C32H60N2/c1-4-22-30-27-28(5-2)31(29-23-18-14-10-6-7-11-15-19-24-29)33-34(30)32(3)25-20-16-12-8-9-13-17-21-26-32/h28-30H,4-27H2,1-3H3. The van der Waals surface area contributed by atoms with E-state index in [0.717, 1.165) is 11.8 Å². The van der Waals surface area contributed by atoms with Crippen molar-refractivity contribution in [2.45, 2.75) is 186 Å². The van der Waals surface area contributed by atoms with Gasteiger partial charge in [-0.1, -0.05) is 123 Å². The Balaban J connectivity index is 1.86. The Morgan fingerprint density at radius 1 is 0.706 bits per heavy atom. The lowest BCUT2D eigenvalue weighted by molar-refractivity contribution is 0.0170. The maximum absolute atomic E-state index is 5.80. The van der Waals surface area contributed by atoms with Crippen LogP contribution in [0.3, 0.4) is 0 Å². The lowest BCUT2D eigenvalue weighted by atomic mass is 9.77. The molecular formula is C32H60N2. The molecule has 0 aromatic heterocycles. The molecule has 0 radical (unpaired) electrons. The Labute approximate surface area is 214 Å². The summed E-state index contributed by atoms with van der Waals surface area (Å²) in [5.74, 6) is 1.48. The van der Waals surface area contributed by atoms with Crippen LogP contribution in [0, 0.1) is 11.8 Å². The van der Waals surface area contributed by atoms with Crippen LogP contribution >= 0.6 is 0 Å². The zero-order chi connectivity index (χ0) is 24.1. The minimum Gasteiger partial charge on any atom is -0.288 e. The van der Waals surface area contributed by atoms with Gasteiger partial charge in [0.15, 0.2) is 0 Å². The van der Waals surface area contributed by atoms with Gasteiger partial charge in [-0.2, -0.15) is 5.10 Å². The van der Waals surface area contributed by atoms with Crippen LogP contribution in [0.4, 0.5) is 0 Å². The molecule has 0 aromatic carbocycles. The molecule has 0 amide bonds. The Morgan fingerprint density at radius 2 is 1.18 bits per heavy atom. The summed E-state index contributed by atoms with van der Waals surface area (Å²) in [6, 6.07) is 0.663. The highest BCUT2D eigenvalue weighted by Gasteiger charge is 2.41. The van der Waals surface area contributed by atoms with E-state index in [9.17, 15) is 0 Å². The monoisotopic (exact) mass is 472 g/mol. The van der Waals surface area contributed by atoms with Crippen LogP contribution in [0.1, 0.15) is 175 Å². The zero-order valence-electron chi connectivity index (χ0n) is 23.6. The van der Waals surface area contributed by atoms with Gasteiger partial charge >= 0.3 is 0 Å². The first kappa shape index (κ1) is 28.0. The zero-order valence-corrected chi connectivity index (χ0v) is 23.6. The molecule has 0 saturated heterocycles. The van der Waals surface area contributed by atoms with Crippen molar-refractivity contribution in [3.63, 3.8) is 0 Å². The number of hydrogen-bond acceptors (Lipinski definition) is 2. The summed E-state index contributed by atoms with van der Waals surface area (Å²) in [6.07, 6.45) is 33.9. The molecule has 0 N–H and O–H groups in total. The van der Waals surface area contributed by atoms with Gasteiger partial charge in [0.25, 0.3) is 0 Å². The molecule has 198 valence electrons. The number of hydrogen-bond donors (Lipinski definition) is 0. The molecule has 2 fully saturated rings. The fourth-order valence-electron chi connectivity index (χ4n) is 7.47. The van der Waals surface area contributed by atoms with Crippen molar-refractivity contribution in [1.82, 2.24) is 5.01 Å². The van der Waals surface area contributed by atoms with Crippen LogP contribution in [-0.4, -0.2) is 22.3 Å². The van der Waals surface area contributed by atoms with Crippen molar-refractivity contribution in [3.8, 4) is 0 Å². The second-order valence-corrected chi connectivity index (χ2v) is 12.6. The van der Waals surface area contributed by atoms with Gasteiger partial charge in [-0.25, -0.2) is 0 Å². The molecule has 34 heavy (non-hydrogen) atoms. The summed E-state index contributed by atoms with van der Waals surface area (Å²) in [5.41, 5.74) is 1.91. The number of rotatable bonds is 5.